The first kappa shape index (κ1) is 10.0. The average Bonchev–Trinajstić information content (AvgIpc) is 2.74. The SMILES string of the molecule is Cc1ccc(C#N)cc1NC1CCCC1. The van der Waals surface area contributed by atoms with E-state index in [1.54, 1.807) is 0 Å². The van der Waals surface area contributed by atoms with Gasteiger partial charge in [0.05, 0.1) is 11.6 Å². The summed E-state index contributed by atoms with van der Waals surface area (Å²) in [6.07, 6.45) is 5.18. The van der Waals surface area contributed by atoms with Crippen LogP contribution < -0.4 is 5.32 Å². The molecule has 2 heteroatoms. The van der Waals surface area contributed by atoms with E-state index in [-0.39, 0.29) is 0 Å². The minimum Gasteiger partial charge on any atom is -0.382 e. The minimum atomic E-state index is 0.609. The lowest BCUT2D eigenvalue weighted by atomic mass is 10.1. The van der Waals surface area contributed by atoms with Crippen molar-refractivity contribution >= 4 is 5.69 Å². The maximum atomic E-state index is 8.84. The first-order chi connectivity index (χ1) is 7.29. The van der Waals surface area contributed by atoms with Crippen molar-refractivity contribution in [3.8, 4) is 6.07 Å². The summed E-state index contributed by atoms with van der Waals surface area (Å²) in [7, 11) is 0. The standard InChI is InChI=1S/C13H16N2/c1-10-6-7-11(9-14)8-13(10)15-12-4-2-3-5-12/h6-8,12,15H,2-5H2,1H3. The fraction of sp³-hybridized carbons (Fsp3) is 0.462. The topological polar surface area (TPSA) is 35.8 Å². The summed E-state index contributed by atoms with van der Waals surface area (Å²) < 4.78 is 0. The van der Waals surface area contributed by atoms with Gasteiger partial charge in [0.2, 0.25) is 0 Å². The number of nitriles is 1. The highest BCUT2D eigenvalue weighted by atomic mass is 14.9. The Bertz CT molecular complexity index is 384. The number of nitrogens with zero attached hydrogens (tertiary/aromatic N) is 1. The maximum absolute atomic E-state index is 8.84. The van der Waals surface area contributed by atoms with Crippen molar-refractivity contribution in [1.82, 2.24) is 0 Å². The van der Waals surface area contributed by atoms with Gasteiger partial charge in [-0.25, -0.2) is 0 Å². The molecule has 1 fully saturated rings. The van der Waals surface area contributed by atoms with E-state index in [1.807, 2.05) is 18.2 Å². The molecule has 0 radical (unpaired) electrons. The molecule has 78 valence electrons. The third kappa shape index (κ3) is 2.30. The number of benzene rings is 1. The monoisotopic (exact) mass is 200 g/mol. The number of hydrogen-bond acceptors (Lipinski definition) is 2. The van der Waals surface area contributed by atoms with Crippen LogP contribution in [0.1, 0.15) is 36.8 Å². The maximum Gasteiger partial charge on any atom is 0.0992 e. The van der Waals surface area contributed by atoms with Crippen LogP contribution in [-0.2, 0) is 0 Å². The molecule has 0 bridgehead atoms. The van der Waals surface area contributed by atoms with Crippen molar-refractivity contribution in [3.05, 3.63) is 29.3 Å². The third-order valence-corrected chi connectivity index (χ3v) is 3.08. The second-order valence-corrected chi connectivity index (χ2v) is 4.27. The van der Waals surface area contributed by atoms with E-state index in [0.29, 0.717) is 6.04 Å². The lowest BCUT2D eigenvalue weighted by Gasteiger charge is -2.15. The normalized spacial score (nSPS) is 16.3. The van der Waals surface area contributed by atoms with Gasteiger partial charge in [-0.3, -0.25) is 0 Å². The molecule has 0 saturated heterocycles. The van der Waals surface area contributed by atoms with Crippen molar-refractivity contribution < 1.29 is 0 Å². The molecular formula is C13H16N2. The Kier molecular flexibility index (Phi) is 2.91. The van der Waals surface area contributed by atoms with Crippen LogP contribution in [0.3, 0.4) is 0 Å². The average molecular weight is 200 g/mol. The van der Waals surface area contributed by atoms with Crippen molar-refractivity contribution in [1.29, 1.82) is 5.26 Å². The predicted octanol–water partition coefficient (Wildman–Crippen LogP) is 3.22. The van der Waals surface area contributed by atoms with Crippen LogP contribution in [-0.4, -0.2) is 6.04 Å². The summed E-state index contributed by atoms with van der Waals surface area (Å²) >= 11 is 0. The molecule has 15 heavy (non-hydrogen) atoms. The van der Waals surface area contributed by atoms with Crippen LogP contribution >= 0.6 is 0 Å². The van der Waals surface area contributed by atoms with E-state index in [9.17, 15) is 0 Å². The quantitative estimate of drug-likeness (QED) is 0.795. The summed E-state index contributed by atoms with van der Waals surface area (Å²) in [5.41, 5.74) is 3.09. The van der Waals surface area contributed by atoms with Gasteiger partial charge in [0.25, 0.3) is 0 Å². The predicted molar refractivity (Wildman–Crippen MR) is 61.8 cm³/mol. The minimum absolute atomic E-state index is 0.609. The molecule has 1 aromatic rings. The number of nitrogens with one attached hydrogen (secondary N) is 1. The second-order valence-electron chi connectivity index (χ2n) is 4.27. The number of rotatable bonds is 2. The van der Waals surface area contributed by atoms with Crippen LogP contribution in [0, 0.1) is 18.3 Å². The highest BCUT2D eigenvalue weighted by Crippen LogP contribution is 2.24. The summed E-state index contributed by atoms with van der Waals surface area (Å²) in [4.78, 5) is 0. The molecule has 0 spiro atoms. The lowest BCUT2D eigenvalue weighted by molar-refractivity contribution is 0.754. The van der Waals surface area contributed by atoms with Crippen LogP contribution in [0.4, 0.5) is 5.69 Å². The Morgan fingerprint density at radius 2 is 2.07 bits per heavy atom. The molecule has 0 heterocycles. The van der Waals surface area contributed by atoms with E-state index >= 15 is 0 Å². The Balaban J connectivity index is 2.15. The van der Waals surface area contributed by atoms with Gasteiger partial charge in [0.15, 0.2) is 0 Å². The van der Waals surface area contributed by atoms with Gasteiger partial charge in [-0.15, -0.1) is 0 Å². The highest BCUT2D eigenvalue weighted by molar-refractivity contribution is 5.55. The Labute approximate surface area is 90.9 Å². The van der Waals surface area contributed by atoms with E-state index in [4.69, 9.17) is 5.26 Å². The molecule has 1 saturated carbocycles. The molecule has 1 N–H and O–H groups in total. The van der Waals surface area contributed by atoms with Gasteiger partial charge >= 0.3 is 0 Å². The van der Waals surface area contributed by atoms with E-state index in [2.05, 4.69) is 18.3 Å². The van der Waals surface area contributed by atoms with Crippen LogP contribution in [0.15, 0.2) is 18.2 Å². The smallest absolute Gasteiger partial charge is 0.0992 e. The Morgan fingerprint density at radius 3 is 2.73 bits per heavy atom. The molecule has 1 aliphatic carbocycles. The fourth-order valence-corrected chi connectivity index (χ4v) is 2.14. The number of hydrogen-bond donors (Lipinski definition) is 1. The number of anilines is 1. The van der Waals surface area contributed by atoms with E-state index in [0.717, 1.165) is 11.3 Å². The van der Waals surface area contributed by atoms with Crippen LogP contribution in [0.25, 0.3) is 0 Å². The summed E-state index contributed by atoms with van der Waals surface area (Å²) in [5, 5.41) is 12.4. The van der Waals surface area contributed by atoms with E-state index in [1.165, 1.54) is 31.2 Å². The van der Waals surface area contributed by atoms with Gasteiger partial charge in [0, 0.05) is 11.7 Å². The van der Waals surface area contributed by atoms with Crippen molar-refractivity contribution in [2.75, 3.05) is 5.32 Å². The molecule has 0 aliphatic heterocycles. The van der Waals surface area contributed by atoms with Crippen LogP contribution in [0.5, 0.6) is 0 Å². The highest BCUT2D eigenvalue weighted by Gasteiger charge is 2.15. The molecule has 1 aromatic carbocycles. The Morgan fingerprint density at radius 1 is 1.33 bits per heavy atom. The van der Waals surface area contributed by atoms with Crippen molar-refractivity contribution in [2.45, 2.75) is 38.6 Å². The summed E-state index contributed by atoms with van der Waals surface area (Å²) in [6.45, 7) is 2.08. The molecule has 0 atom stereocenters. The first-order valence-corrected chi connectivity index (χ1v) is 5.57. The molecule has 2 nitrogen and oxygen atoms in total. The molecular weight excluding hydrogens is 184 g/mol. The summed E-state index contributed by atoms with van der Waals surface area (Å²) in [6, 6.07) is 8.62. The van der Waals surface area contributed by atoms with Gasteiger partial charge < -0.3 is 5.32 Å². The van der Waals surface area contributed by atoms with Gasteiger partial charge in [0.1, 0.15) is 0 Å². The second kappa shape index (κ2) is 4.35. The van der Waals surface area contributed by atoms with Gasteiger partial charge in [-0.05, 0) is 37.5 Å². The third-order valence-electron chi connectivity index (χ3n) is 3.08. The van der Waals surface area contributed by atoms with Crippen molar-refractivity contribution in [2.24, 2.45) is 0 Å². The zero-order valence-electron chi connectivity index (χ0n) is 9.09. The Hall–Kier alpha value is -1.49. The first-order valence-electron chi connectivity index (χ1n) is 5.57. The van der Waals surface area contributed by atoms with Crippen molar-refractivity contribution in [3.63, 3.8) is 0 Å². The summed E-state index contributed by atoms with van der Waals surface area (Å²) in [5.74, 6) is 0. The molecule has 1 aliphatic rings. The van der Waals surface area contributed by atoms with Gasteiger partial charge in [-0.1, -0.05) is 18.9 Å². The van der Waals surface area contributed by atoms with E-state index < -0.39 is 0 Å². The molecule has 0 amide bonds. The molecule has 0 aromatic heterocycles. The number of aryl methyl sites for hydroxylation is 1. The van der Waals surface area contributed by atoms with Gasteiger partial charge in [-0.2, -0.15) is 5.26 Å². The fourth-order valence-electron chi connectivity index (χ4n) is 2.14. The van der Waals surface area contributed by atoms with Crippen LogP contribution in [0.2, 0.25) is 0 Å². The molecule has 2 rings (SSSR count). The zero-order chi connectivity index (χ0) is 10.7. The lowest BCUT2D eigenvalue weighted by Crippen LogP contribution is -2.15. The largest absolute Gasteiger partial charge is 0.382 e. The zero-order valence-corrected chi connectivity index (χ0v) is 9.09. The molecule has 0 unspecified atom stereocenters.